The number of nitro groups is 1. The standard InChI is InChI=1S/C9H8N2O2/c10-7-9-4-2-1-3-8(9)5-6-11(12)13/h1-4H,5-6H2. The summed E-state index contributed by atoms with van der Waals surface area (Å²) in [6.45, 7) is -0.126. The average molecular weight is 176 g/mol. The van der Waals surface area contributed by atoms with E-state index in [-0.39, 0.29) is 11.5 Å². The van der Waals surface area contributed by atoms with Crippen LogP contribution >= 0.6 is 0 Å². The van der Waals surface area contributed by atoms with Gasteiger partial charge in [0.2, 0.25) is 6.54 Å². The molecule has 4 nitrogen and oxygen atoms in total. The van der Waals surface area contributed by atoms with E-state index < -0.39 is 0 Å². The highest BCUT2D eigenvalue weighted by molar-refractivity contribution is 5.37. The van der Waals surface area contributed by atoms with Gasteiger partial charge in [-0.25, -0.2) is 0 Å². The minimum absolute atomic E-state index is 0.126. The van der Waals surface area contributed by atoms with E-state index in [0.717, 1.165) is 5.56 Å². The van der Waals surface area contributed by atoms with Gasteiger partial charge >= 0.3 is 0 Å². The fourth-order valence-electron chi connectivity index (χ4n) is 1.06. The highest BCUT2D eigenvalue weighted by atomic mass is 16.6. The van der Waals surface area contributed by atoms with Gasteiger partial charge in [0.1, 0.15) is 0 Å². The normalized spacial score (nSPS) is 9.15. The predicted molar refractivity (Wildman–Crippen MR) is 46.7 cm³/mol. The molecule has 0 amide bonds. The zero-order valence-electron chi connectivity index (χ0n) is 6.93. The lowest BCUT2D eigenvalue weighted by Crippen LogP contribution is -2.05. The van der Waals surface area contributed by atoms with Crippen molar-refractivity contribution >= 4 is 0 Å². The zero-order valence-corrected chi connectivity index (χ0v) is 6.93. The lowest BCUT2D eigenvalue weighted by Gasteiger charge is -1.98. The second-order valence-corrected chi connectivity index (χ2v) is 2.58. The fourth-order valence-corrected chi connectivity index (χ4v) is 1.06. The first-order valence-electron chi connectivity index (χ1n) is 3.84. The maximum Gasteiger partial charge on any atom is 0.207 e. The third-order valence-corrected chi connectivity index (χ3v) is 1.70. The maximum atomic E-state index is 10.1. The summed E-state index contributed by atoms with van der Waals surface area (Å²) in [5, 5.41) is 18.8. The van der Waals surface area contributed by atoms with Crippen molar-refractivity contribution in [1.82, 2.24) is 0 Å². The summed E-state index contributed by atoms with van der Waals surface area (Å²) in [5.74, 6) is 0. The third-order valence-electron chi connectivity index (χ3n) is 1.70. The molecule has 0 fully saturated rings. The van der Waals surface area contributed by atoms with E-state index in [2.05, 4.69) is 0 Å². The SMILES string of the molecule is N#Cc1ccccc1CC[N+](=O)[O-]. The maximum absolute atomic E-state index is 10.1. The molecule has 0 N–H and O–H groups in total. The molecule has 4 heteroatoms. The summed E-state index contributed by atoms with van der Waals surface area (Å²) in [5.41, 5.74) is 1.26. The Morgan fingerprint density at radius 2 is 2.15 bits per heavy atom. The number of benzene rings is 1. The summed E-state index contributed by atoms with van der Waals surface area (Å²) in [7, 11) is 0. The Morgan fingerprint density at radius 3 is 2.77 bits per heavy atom. The van der Waals surface area contributed by atoms with Crippen LogP contribution in [0.15, 0.2) is 24.3 Å². The largest absolute Gasteiger partial charge is 0.265 e. The summed E-state index contributed by atoms with van der Waals surface area (Å²) in [6, 6.07) is 8.92. The van der Waals surface area contributed by atoms with Crippen LogP contribution in [0.25, 0.3) is 0 Å². The van der Waals surface area contributed by atoms with Gasteiger partial charge in [-0.3, -0.25) is 10.1 Å². The second-order valence-electron chi connectivity index (χ2n) is 2.58. The lowest BCUT2D eigenvalue weighted by molar-refractivity contribution is -0.479. The quantitative estimate of drug-likeness (QED) is 0.516. The first-order chi connectivity index (χ1) is 6.24. The molecule has 1 aromatic rings. The number of hydrogen-bond acceptors (Lipinski definition) is 3. The van der Waals surface area contributed by atoms with Crippen molar-refractivity contribution in [2.24, 2.45) is 0 Å². The monoisotopic (exact) mass is 176 g/mol. The summed E-state index contributed by atoms with van der Waals surface area (Å²) in [6.07, 6.45) is 0.316. The molecule has 0 saturated heterocycles. The molecule has 0 aliphatic heterocycles. The van der Waals surface area contributed by atoms with Gasteiger partial charge in [-0.05, 0) is 11.6 Å². The van der Waals surface area contributed by atoms with Crippen molar-refractivity contribution in [2.75, 3.05) is 6.54 Å². The van der Waals surface area contributed by atoms with E-state index >= 15 is 0 Å². The topological polar surface area (TPSA) is 66.9 Å². The Morgan fingerprint density at radius 1 is 1.46 bits per heavy atom. The van der Waals surface area contributed by atoms with Crippen LogP contribution in [0.3, 0.4) is 0 Å². The van der Waals surface area contributed by atoms with Crippen molar-refractivity contribution in [3.8, 4) is 6.07 Å². The molecule has 66 valence electrons. The van der Waals surface area contributed by atoms with E-state index in [1.807, 2.05) is 6.07 Å². The van der Waals surface area contributed by atoms with E-state index in [9.17, 15) is 10.1 Å². The molecule has 0 bridgehead atoms. The van der Waals surface area contributed by atoms with Crippen molar-refractivity contribution in [3.63, 3.8) is 0 Å². The van der Waals surface area contributed by atoms with Crippen molar-refractivity contribution in [2.45, 2.75) is 6.42 Å². The van der Waals surface area contributed by atoms with Crippen molar-refractivity contribution in [3.05, 3.63) is 45.5 Å². The van der Waals surface area contributed by atoms with Crippen LogP contribution < -0.4 is 0 Å². The van der Waals surface area contributed by atoms with Crippen LogP contribution in [-0.4, -0.2) is 11.5 Å². The van der Waals surface area contributed by atoms with Gasteiger partial charge in [0, 0.05) is 11.3 Å². The van der Waals surface area contributed by atoms with E-state index in [1.165, 1.54) is 0 Å². The van der Waals surface area contributed by atoms with Crippen LogP contribution in [0.4, 0.5) is 0 Å². The first-order valence-corrected chi connectivity index (χ1v) is 3.84. The highest BCUT2D eigenvalue weighted by Crippen LogP contribution is 2.07. The molecule has 0 atom stereocenters. The molecule has 0 radical (unpaired) electrons. The molecule has 0 aliphatic rings. The number of rotatable bonds is 3. The van der Waals surface area contributed by atoms with Gasteiger partial charge < -0.3 is 0 Å². The van der Waals surface area contributed by atoms with E-state index in [4.69, 9.17) is 5.26 Å². The Bertz CT molecular complexity index is 355. The van der Waals surface area contributed by atoms with Crippen LogP contribution in [0.5, 0.6) is 0 Å². The minimum atomic E-state index is -0.381. The third kappa shape index (κ3) is 2.56. The minimum Gasteiger partial charge on any atom is -0.265 e. The predicted octanol–water partition coefficient (Wildman–Crippen LogP) is 1.38. The number of nitrogens with zero attached hydrogens (tertiary/aromatic N) is 2. The van der Waals surface area contributed by atoms with E-state index in [1.54, 1.807) is 24.3 Å². The van der Waals surface area contributed by atoms with Crippen LogP contribution in [0, 0.1) is 21.4 Å². The first kappa shape index (κ1) is 9.20. The lowest BCUT2D eigenvalue weighted by atomic mass is 10.1. The van der Waals surface area contributed by atoms with Gasteiger partial charge in [-0.15, -0.1) is 0 Å². The van der Waals surface area contributed by atoms with Crippen LogP contribution in [0.1, 0.15) is 11.1 Å². The second kappa shape index (κ2) is 4.21. The molecule has 0 saturated carbocycles. The fraction of sp³-hybridized carbons (Fsp3) is 0.222. The van der Waals surface area contributed by atoms with E-state index in [0.29, 0.717) is 12.0 Å². The molecular weight excluding hydrogens is 168 g/mol. The van der Waals surface area contributed by atoms with Crippen molar-refractivity contribution in [1.29, 1.82) is 5.26 Å². The van der Waals surface area contributed by atoms with Gasteiger partial charge in [-0.1, -0.05) is 18.2 Å². The van der Waals surface area contributed by atoms with Gasteiger partial charge in [-0.2, -0.15) is 5.26 Å². The molecule has 0 spiro atoms. The molecule has 13 heavy (non-hydrogen) atoms. The van der Waals surface area contributed by atoms with Crippen molar-refractivity contribution < 1.29 is 4.92 Å². The van der Waals surface area contributed by atoms with Gasteiger partial charge in [0.05, 0.1) is 11.6 Å². The Kier molecular flexibility index (Phi) is 2.98. The van der Waals surface area contributed by atoms with Crippen LogP contribution in [0.2, 0.25) is 0 Å². The molecule has 1 aromatic carbocycles. The average Bonchev–Trinajstić information content (AvgIpc) is 2.15. The molecule has 1 rings (SSSR count). The molecular formula is C9H8N2O2. The Balaban J connectivity index is 2.77. The molecule has 0 heterocycles. The Hall–Kier alpha value is -1.89. The number of hydrogen-bond donors (Lipinski definition) is 0. The summed E-state index contributed by atoms with van der Waals surface area (Å²) >= 11 is 0. The highest BCUT2D eigenvalue weighted by Gasteiger charge is 2.03. The summed E-state index contributed by atoms with van der Waals surface area (Å²) < 4.78 is 0. The zero-order chi connectivity index (χ0) is 9.68. The Labute approximate surface area is 75.6 Å². The molecule has 0 unspecified atom stereocenters. The summed E-state index contributed by atoms with van der Waals surface area (Å²) in [4.78, 5) is 9.71. The van der Waals surface area contributed by atoms with Gasteiger partial charge in [0.15, 0.2) is 0 Å². The smallest absolute Gasteiger partial charge is 0.207 e. The molecule has 0 aromatic heterocycles. The van der Waals surface area contributed by atoms with Gasteiger partial charge in [0.25, 0.3) is 0 Å². The molecule has 0 aliphatic carbocycles. The number of nitriles is 1. The van der Waals surface area contributed by atoms with Crippen LogP contribution in [-0.2, 0) is 6.42 Å².